The van der Waals surface area contributed by atoms with Gasteiger partial charge >= 0.3 is 0 Å². The Kier molecular flexibility index (Phi) is 4.42. The molecule has 0 atom stereocenters. The summed E-state index contributed by atoms with van der Waals surface area (Å²) < 4.78 is 5.51. The Morgan fingerprint density at radius 3 is 2.45 bits per heavy atom. The van der Waals surface area contributed by atoms with Crippen LogP contribution in [0.4, 0.5) is 11.6 Å². The van der Waals surface area contributed by atoms with Crippen LogP contribution in [0.15, 0.2) is 65.2 Å². The summed E-state index contributed by atoms with van der Waals surface area (Å²) in [5, 5.41) is 4.84. The van der Waals surface area contributed by atoms with Crippen molar-refractivity contribution in [2.75, 3.05) is 18.0 Å². The van der Waals surface area contributed by atoms with Crippen molar-refractivity contribution in [2.45, 2.75) is 0 Å². The fourth-order valence-electron chi connectivity index (χ4n) is 2.25. The molecule has 112 valence electrons. The molecule has 2 aromatic carbocycles. The second-order valence-corrected chi connectivity index (χ2v) is 5.27. The van der Waals surface area contributed by atoms with Crippen LogP contribution in [-0.4, -0.2) is 18.2 Å². The molecule has 0 unspecified atom stereocenters. The van der Waals surface area contributed by atoms with Crippen molar-refractivity contribution in [1.29, 1.82) is 0 Å². The molecule has 0 aliphatic rings. The van der Waals surface area contributed by atoms with E-state index in [9.17, 15) is 0 Å². The summed E-state index contributed by atoms with van der Waals surface area (Å²) in [5.41, 5.74) is 8.47. The quantitative estimate of drug-likeness (QED) is 0.770. The lowest BCUT2D eigenvalue weighted by molar-refractivity contribution is 0.426. The maximum absolute atomic E-state index is 5.91. The van der Waals surface area contributed by atoms with Crippen LogP contribution < -0.4 is 10.6 Å². The van der Waals surface area contributed by atoms with E-state index >= 15 is 0 Å². The van der Waals surface area contributed by atoms with Gasteiger partial charge in [-0.3, -0.25) is 0 Å². The average molecular weight is 314 g/mol. The first kappa shape index (κ1) is 14.6. The van der Waals surface area contributed by atoms with Gasteiger partial charge in [-0.2, -0.15) is 0 Å². The van der Waals surface area contributed by atoms with Gasteiger partial charge in [0.05, 0.1) is 0 Å². The number of halogens is 1. The zero-order valence-corrected chi connectivity index (χ0v) is 12.7. The lowest BCUT2D eigenvalue weighted by Crippen LogP contribution is -2.24. The van der Waals surface area contributed by atoms with E-state index in [1.807, 2.05) is 65.6 Å². The number of hydrogen-bond acceptors (Lipinski definition) is 4. The molecular formula is C17H16ClN3O. The van der Waals surface area contributed by atoms with Crippen LogP contribution >= 0.6 is 11.6 Å². The van der Waals surface area contributed by atoms with E-state index in [0.29, 0.717) is 24.0 Å². The normalized spacial score (nSPS) is 10.6. The maximum Gasteiger partial charge on any atom is 0.232 e. The van der Waals surface area contributed by atoms with E-state index in [1.54, 1.807) is 0 Å². The number of anilines is 2. The summed E-state index contributed by atoms with van der Waals surface area (Å²) in [7, 11) is 0. The fourth-order valence-corrected chi connectivity index (χ4v) is 2.38. The van der Waals surface area contributed by atoms with E-state index < -0.39 is 0 Å². The number of benzene rings is 2. The van der Waals surface area contributed by atoms with E-state index in [1.165, 1.54) is 0 Å². The smallest absolute Gasteiger partial charge is 0.232 e. The molecule has 0 spiro atoms. The summed E-state index contributed by atoms with van der Waals surface area (Å²) in [6.07, 6.45) is 0. The molecule has 2 N–H and O–H groups in total. The van der Waals surface area contributed by atoms with Gasteiger partial charge in [-0.1, -0.05) is 47.1 Å². The summed E-state index contributed by atoms with van der Waals surface area (Å²) >= 11 is 5.91. The third kappa shape index (κ3) is 3.13. The van der Waals surface area contributed by atoms with Crippen LogP contribution in [0.1, 0.15) is 0 Å². The largest absolute Gasteiger partial charge is 0.338 e. The van der Waals surface area contributed by atoms with Crippen LogP contribution in [0.25, 0.3) is 11.3 Å². The molecule has 4 nitrogen and oxygen atoms in total. The van der Waals surface area contributed by atoms with Gasteiger partial charge in [0.1, 0.15) is 5.69 Å². The standard InChI is InChI=1S/C17H16ClN3O/c18-14-8-6-13(7-9-14)16-12-17(22-20-16)21(11-10-19)15-4-2-1-3-5-15/h1-9,12H,10-11,19H2. The van der Waals surface area contributed by atoms with Gasteiger partial charge in [0.25, 0.3) is 0 Å². The minimum absolute atomic E-state index is 0.520. The Bertz CT molecular complexity index is 725. The van der Waals surface area contributed by atoms with Crippen molar-refractivity contribution in [1.82, 2.24) is 5.16 Å². The minimum Gasteiger partial charge on any atom is -0.338 e. The highest BCUT2D eigenvalue weighted by Gasteiger charge is 2.14. The first-order chi connectivity index (χ1) is 10.8. The molecule has 1 heterocycles. The third-order valence-electron chi connectivity index (χ3n) is 3.32. The molecule has 0 saturated carbocycles. The van der Waals surface area contributed by atoms with Crippen LogP contribution in [-0.2, 0) is 0 Å². The van der Waals surface area contributed by atoms with E-state index in [-0.39, 0.29) is 0 Å². The third-order valence-corrected chi connectivity index (χ3v) is 3.58. The highest BCUT2D eigenvalue weighted by atomic mass is 35.5. The Balaban J connectivity index is 1.92. The predicted octanol–water partition coefficient (Wildman–Crippen LogP) is 4.09. The summed E-state index contributed by atoms with van der Waals surface area (Å²) in [5.74, 6) is 0.668. The number of para-hydroxylation sites is 1. The minimum atomic E-state index is 0.520. The van der Waals surface area contributed by atoms with Crippen molar-refractivity contribution in [3.8, 4) is 11.3 Å². The van der Waals surface area contributed by atoms with E-state index in [0.717, 1.165) is 16.9 Å². The van der Waals surface area contributed by atoms with Crippen LogP contribution in [0.2, 0.25) is 5.02 Å². The van der Waals surface area contributed by atoms with Crippen molar-refractivity contribution in [3.05, 3.63) is 65.7 Å². The SMILES string of the molecule is NCCN(c1ccccc1)c1cc(-c2ccc(Cl)cc2)no1. The van der Waals surface area contributed by atoms with E-state index in [4.69, 9.17) is 21.9 Å². The Labute approximate surface area is 134 Å². The number of hydrogen-bond donors (Lipinski definition) is 1. The van der Waals surface area contributed by atoms with Gasteiger partial charge in [-0.05, 0) is 24.3 Å². The Morgan fingerprint density at radius 2 is 1.77 bits per heavy atom. The molecule has 0 bridgehead atoms. The molecule has 3 aromatic rings. The molecule has 3 rings (SSSR count). The van der Waals surface area contributed by atoms with Crippen molar-refractivity contribution >= 4 is 23.2 Å². The monoisotopic (exact) mass is 313 g/mol. The molecule has 5 heteroatoms. The molecule has 0 saturated heterocycles. The summed E-state index contributed by atoms with van der Waals surface area (Å²) in [6.45, 7) is 1.17. The van der Waals surface area contributed by atoms with Gasteiger partial charge in [0.15, 0.2) is 0 Å². The molecule has 0 amide bonds. The first-order valence-electron chi connectivity index (χ1n) is 7.03. The van der Waals surface area contributed by atoms with Crippen molar-refractivity contribution < 1.29 is 4.52 Å². The Hall–Kier alpha value is -2.30. The van der Waals surface area contributed by atoms with Gasteiger partial charge in [0, 0.05) is 35.4 Å². The van der Waals surface area contributed by atoms with Crippen LogP contribution in [0.5, 0.6) is 0 Å². The van der Waals surface area contributed by atoms with E-state index in [2.05, 4.69) is 5.16 Å². The average Bonchev–Trinajstić information content (AvgIpc) is 3.04. The molecule has 22 heavy (non-hydrogen) atoms. The lowest BCUT2D eigenvalue weighted by atomic mass is 10.1. The van der Waals surface area contributed by atoms with Crippen LogP contribution in [0.3, 0.4) is 0 Å². The van der Waals surface area contributed by atoms with Crippen molar-refractivity contribution in [2.24, 2.45) is 5.73 Å². The molecular weight excluding hydrogens is 298 g/mol. The summed E-state index contributed by atoms with van der Waals surface area (Å²) in [6, 6.07) is 19.4. The van der Waals surface area contributed by atoms with Crippen LogP contribution in [0, 0.1) is 0 Å². The zero-order chi connectivity index (χ0) is 15.4. The van der Waals surface area contributed by atoms with Gasteiger partial charge in [0.2, 0.25) is 5.88 Å². The maximum atomic E-state index is 5.91. The molecule has 0 aliphatic heterocycles. The van der Waals surface area contributed by atoms with Crippen molar-refractivity contribution in [3.63, 3.8) is 0 Å². The second kappa shape index (κ2) is 6.64. The fraction of sp³-hybridized carbons (Fsp3) is 0.118. The molecule has 0 fully saturated rings. The Morgan fingerprint density at radius 1 is 1.05 bits per heavy atom. The van der Waals surface area contributed by atoms with Gasteiger partial charge < -0.3 is 15.2 Å². The number of rotatable bonds is 5. The first-order valence-corrected chi connectivity index (χ1v) is 7.41. The molecule has 1 aromatic heterocycles. The number of nitrogens with zero attached hydrogens (tertiary/aromatic N) is 2. The second-order valence-electron chi connectivity index (χ2n) is 4.83. The van der Waals surface area contributed by atoms with Gasteiger partial charge in [-0.15, -0.1) is 0 Å². The topological polar surface area (TPSA) is 55.3 Å². The summed E-state index contributed by atoms with van der Waals surface area (Å²) in [4.78, 5) is 2.01. The highest BCUT2D eigenvalue weighted by molar-refractivity contribution is 6.30. The molecule has 0 radical (unpaired) electrons. The number of aromatic nitrogens is 1. The highest BCUT2D eigenvalue weighted by Crippen LogP contribution is 2.29. The molecule has 0 aliphatic carbocycles. The number of nitrogens with two attached hydrogens (primary N) is 1. The zero-order valence-electron chi connectivity index (χ0n) is 11.9. The van der Waals surface area contributed by atoms with Gasteiger partial charge in [-0.25, -0.2) is 0 Å². The lowest BCUT2D eigenvalue weighted by Gasteiger charge is -2.20. The predicted molar refractivity (Wildman–Crippen MR) is 89.5 cm³/mol.